The van der Waals surface area contributed by atoms with Gasteiger partial charge in [-0.1, -0.05) is 11.6 Å². The second-order valence-corrected chi connectivity index (χ2v) is 5.59. The quantitative estimate of drug-likeness (QED) is 0.711. The van der Waals surface area contributed by atoms with Crippen LogP contribution in [0.1, 0.15) is 23.1 Å². The number of amides is 1. The zero-order chi connectivity index (χ0) is 17.3. The summed E-state index contributed by atoms with van der Waals surface area (Å²) in [6.45, 7) is 1.38. The van der Waals surface area contributed by atoms with Crippen molar-refractivity contribution in [2.24, 2.45) is 0 Å². The number of carbonyl (C=O) groups is 2. The summed E-state index contributed by atoms with van der Waals surface area (Å²) >= 11 is 6.00. The molecule has 6 nitrogen and oxygen atoms in total. The fourth-order valence-corrected chi connectivity index (χ4v) is 2.61. The van der Waals surface area contributed by atoms with Crippen molar-refractivity contribution in [3.63, 3.8) is 0 Å². The Morgan fingerprint density at radius 1 is 1.25 bits per heavy atom. The Bertz CT molecular complexity index is 949. The van der Waals surface area contributed by atoms with Crippen LogP contribution in [0.4, 0.5) is 5.69 Å². The van der Waals surface area contributed by atoms with E-state index in [1.54, 1.807) is 30.3 Å². The van der Waals surface area contributed by atoms with E-state index in [0.29, 0.717) is 27.4 Å². The summed E-state index contributed by atoms with van der Waals surface area (Å²) in [7, 11) is 1.51. The minimum atomic E-state index is -0.357. The van der Waals surface area contributed by atoms with E-state index < -0.39 is 0 Å². The van der Waals surface area contributed by atoms with Crippen LogP contribution in [0.15, 0.2) is 36.5 Å². The molecule has 0 unspecified atom stereocenters. The molecule has 24 heavy (non-hydrogen) atoms. The first-order valence-electron chi connectivity index (χ1n) is 7.13. The number of ether oxygens (including phenoxy) is 1. The molecule has 0 radical (unpaired) electrons. The highest BCUT2D eigenvalue weighted by atomic mass is 35.5. The predicted molar refractivity (Wildman–Crippen MR) is 91.8 cm³/mol. The number of ketones is 1. The summed E-state index contributed by atoms with van der Waals surface area (Å²) in [5.74, 6) is -0.114. The van der Waals surface area contributed by atoms with Crippen LogP contribution in [0.5, 0.6) is 5.75 Å². The van der Waals surface area contributed by atoms with Gasteiger partial charge < -0.3 is 15.0 Å². The maximum atomic E-state index is 12.8. The Morgan fingerprint density at radius 2 is 2.04 bits per heavy atom. The lowest BCUT2D eigenvalue weighted by Crippen LogP contribution is -2.12. The summed E-state index contributed by atoms with van der Waals surface area (Å²) < 4.78 is 5.12. The third-order valence-corrected chi connectivity index (χ3v) is 3.72. The van der Waals surface area contributed by atoms with Crippen molar-refractivity contribution in [1.82, 2.24) is 9.97 Å². The Morgan fingerprint density at radius 3 is 2.75 bits per heavy atom. The standard InChI is InChI=1S/C17H14ClN3O3/c1-9(22)20-15-12-4-3-10(18)7-13(12)21-16(15)17(23)14-8-11(24-2)5-6-19-14/h3-8,21H,1-2H3,(H,20,22). The number of nitrogens with zero attached hydrogens (tertiary/aromatic N) is 1. The monoisotopic (exact) mass is 343 g/mol. The summed E-state index contributed by atoms with van der Waals surface area (Å²) in [4.78, 5) is 31.5. The first-order chi connectivity index (χ1) is 11.5. The number of pyridine rings is 1. The molecule has 0 aliphatic heterocycles. The minimum absolute atomic E-state index is 0.207. The van der Waals surface area contributed by atoms with Crippen molar-refractivity contribution in [3.05, 3.63) is 52.9 Å². The molecule has 0 bridgehead atoms. The fraction of sp³-hybridized carbons (Fsp3) is 0.118. The molecule has 0 aliphatic rings. The molecule has 122 valence electrons. The average molecular weight is 344 g/mol. The molecule has 0 saturated carbocycles. The van der Waals surface area contributed by atoms with Crippen molar-refractivity contribution in [3.8, 4) is 5.75 Å². The molecule has 2 N–H and O–H groups in total. The average Bonchev–Trinajstić information content (AvgIpc) is 2.91. The highest BCUT2D eigenvalue weighted by Crippen LogP contribution is 2.31. The van der Waals surface area contributed by atoms with E-state index in [1.807, 2.05) is 0 Å². The molecule has 0 spiro atoms. The lowest BCUT2D eigenvalue weighted by atomic mass is 10.1. The summed E-state index contributed by atoms with van der Waals surface area (Å²) in [5, 5.41) is 3.92. The number of H-pyrrole nitrogens is 1. The van der Waals surface area contributed by atoms with Crippen LogP contribution >= 0.6 is 11.6 Å². The zero-order valence-electron chi connectivity index (χ0n) is 13.0. The van der Waals surface area contributed by atoms with Gasteiger partial charge in [-0.2, -0.15) is 0 Å². The van der Waals surface area contributed by atoms with E-state index in [2.05, 4.69) is 15.3 Å². The number of halogens is 1. The van der Waals surface area contributed by atoms with Crippen molar-refractivity contribution >= 4 is 39.9 Å². The van der Waals surface area contributed by atoms with Gasteiger partial charge in [0.05, 0.1) is 12.8 Å². The van der Waals surface area contributed by atoms with Gasteiger partial charge in [-0.05, 0) is 24.3 Å². The first kappa shape index (κ1) is 16.0. The molecule has 1 aromatic carbocycles. The maximum absolute atomic E-state index is 12.8. The number of carbonyl (C=O) groups excluding carboxylic acids is 2. The number of hydrogen-bond acceptors (Lipinski definition) is 4. The number of aromatic amines is 1. The normalized spacial score (nSPS) is 10.6. The highest BCUT2D eigenvalue weighted by molar-refractivity contribution is 6.31. The molecule has 0 saturated heterocycles. The molecule has 3 rings (SSSR count). The number of nitrogens with one attached hydrogen (secondary N) is 2. The third kappa shape index (κ3) is 2.96. The molecule has 2 aromatic heterocycles. The van der Waals surface area contributed by atoms with Crippen molar-refractivity contribution in [2.45, 2.75) is 6.92 Å². The van der Waals surface area contributed by atoms with Gasteiger partial charge in [-0.25, -0.2) is 0 Å². The predicted octanol–water partition coefficient (Wildman–Crippen LogP) is 3.41. The van der Waals surface area contributed by atoms with E-state index in [9.17, 15) is 9.59 Å². The fourth-order valence-electron chi connectivity index (χ4n) is 2.44. The van der Waals surface area contributed by atoms with Crippen LogP contribution in [-0.4, -0.2) is 28.8 Å². The Labute approximate surface area is 142 Å². The number of anilines is 1. The van der Waals surface area contributed by atoms with Gasteiger partial charge in [-0.3, -0.25) is 14.6 Å². The molecular weight excluding hydrogens is 330 g/mol. The van der Waals surface area contributed by atoms with Gasteiger partial charge >= 0.3 is 0 Å². The van der Waals surface area contributed by atoms with Crippen molar-refractivity contribution < 1.29 is 14.3 Å². The molecule has 0 atom stereocenters. The van der Waals surface area contributed by atoms with Crippen LogP contribution in [0.2, 0.25) is 5.02 Å². The number of methoxy groups -OCH3 is 1. The van der Waals surface area contributed by atoms with E-state index in [0.717, 1.165) is 0 Å². The number of aromatic nitrogens is 2. The second-order valence-electron chi connectivity index (χ2n) is 5.16. The van der Waals surface area contributed by atoms with Crippen LogP contribution in [0, 0.1) is 0 Å². The van der Waals surface area contributed by atoms with E-state index in [-0.39, 0.29) is 23.1 Å². The van der Waals surface area contributed by atoms with Crippen molar-refractivity contribution in [2.75, 3.05) is 12.4 Å². The smallest absolute Gasteiger partial charge is 0.229 e. The molecular formula is C17H14ClN3O3. The summed E-state index contributed by atoms with van der Waals surface area (Å²) in [6, 6.07) is 8.32. The number of hydrogen-bond donors (Lipinski definition) is 2. The van der Waals surface area contributed by atoms with E-state index in [1.165, 1.54) is 20.2 Å². The Hall–Kier alpha value is -2.86. The number of fused-ring (bicyclic) bond motifs is 1. The zero-order valence-corrected chi connectivity index (χ0v) is 13.8. The van der Waals surface area contributed by atoms with Gasteiger partial charge in [0.2, 0.25) is 11.7 Å². The summed E-state index contributed by atoms with van der Waals surface area (Å²) in [5.41, 5.74) is 1.50. The van der Waals surface area contributed by atoms with Gasteiger partial charge in [0, 0.05) is 35.1 Å². The molecule has 2 heterocycles. The summed E-state index contributed by atoms with van der Waals surface area (Å²) in [6.07, 6.45) is 1.49. The van der Waals surface area contributed by atoms with Crippen LogP contribution in [0.3, 0.4) is 0 Å². The topological polar surface area (TPSA) is 84.1 Å². The molecule has 7 heteroatoms. The van der Waals surface area contributed by atoms with Gasteiger partial charge in [-0.15, -0.1) is 0 Å². The van der Waals surface area contributed by atoms with Gasteiger partial charge in [0.25, 0.3) is 0 Å². The Kier molecular flexibility index (Phi) is 4.22. The SMILES string of the molecule is COc1ccnc(C(=O)c2[nH]c3cc(Cl)ccc3c2NC(C)=O)c1. The minimum Gasteiger partial charge on any atom is -0.497 e. The molecule has 1 amide bonds. The highest BCUT2D eigenvalue weighted by Gasteiger charge is 2.21. The van der Waals surface area contributed by atoms with E-state index in [4.69, 9.17) is 16.3 Å². The third-order valence-electron chi connectivity index (χ3n) is 3.49. The molecule has 0 fully saturated rings. The largest absolute Gasteiger partial charge is 0.497 e. The molecule has 3 aromatic rings. The van der Waals surface area contributed by atoms with Crippen LogP contribution in [-0.2, 0) is 4.79 Å². The first-order valence-corrected chi connectivity index (χ1v) is 7.51. The van der Waals surface area contributed by atoms with E-state index >= 15 is 0 Å². The van der Waals surface area contributed by atoms with Gasteiger partial charge in [0.15, 0.2) is 0 Å². The Balaban J connectivity index is 2.16. The second kappa shape index (κ2) is 6.33. The van der Waals surface area contributed by atoms with Gasteiger partial charge in [0.1, 0.15) is 17.1 Å². The van der Waals surface area contributed by atoms with Crippen molar-refractivity contribution in [1.29, 1.82) is 0 Å². The van der Waals surface area contributed by atoms with Crippen LogP contribution < -0.4 is 10.1 Å². The molecule has 0 aliphatic carbocycles. The lowest BCUT2D eigenvalue weighted by molar-refractivity contribution is -0.114. The number of benzene rings is 1. The maximum Gasteiger partial charge on any atom is 0.229 e. The lowest BCUT2D eigenvalue weighted by Gasteiger charge is -2.05. The number of rotatable bonds is 4. The van der Waals surface area contributed by atoms with Crippen LogP contribution in [0.25, 0.3) is 10.9 Å².